The average Bonchev–Trinajstić information content (AvgIpc) is 3.18. The van der Waals surface area contributed by atoms with E-state index in [9.17, 15) is 18.0 Å². The first-order chi connectivity index (χ1) is 14.8. The third-order valence-corrected chi connectivity index (χ3v) is 7.22. The Hall–Kier alpha value is -2.97. The summed E-state index contributed by atoms with van der Waals surface area (Å²) in [4.78, 5) is 23.8. The summed E-state index contributed by atoms with van der Waals surface area (Å²) in [5, 5.41) is 5.64. The van der Waals surface area contributed by atoms with Crippen LogP contribution in [0.5, 0.6) is 0 Å². The summed E-state index contributed by atoms with van der Waals surface area (Å²) in [5.74, 6) is -0.506. The van der Waals surface area contributed by atoms with E-state index < -0.39 is 10.0 Å². The highest BCUT2D eigenvalue weighted by atomic mass is 32.2. The summed E-state index contributed by atoms with van der Waals surface area (Å²) in [6.45, 7) is 3.97. The lowest BCUT2D eigenvalue weighted by molar-refractivity contribution is -0.116. The fourth-order valence-electron chi connectivity index (χ4n) is 3.59. The quantitative estimate of drug-likeness (QED) is 0.459. The summed E-state index contributed by atoms with van der Waals surface area (Å²) < 4.78 is 26.7. The molecular weight excluding hydrogens is 414 g/mol. The van der Waals surface area contributed by atoms with Gasteiger partial charge < -0.3 is 10.6 Å². The number of fused-ring (bicyclic) bond motifs is 1. The van der Waals surface area contributed by atoms with Gasteiger partial charge in [0.2, 0.25) is 15.9 Å². The minimum absolute atomic E-state index is 0.0426. The van der Waals surface area contributed by atoms with Crippen LogP contribution in [0.25, 0.3) is 0 Å². The normalized spacial score (nSPS) is 13.6. The second kappa shape index (κ2) is 9.89. The van der Waals surface area contributed by atoms with Crippen LogP contribution >= 0.6 is 0 Å². The summed E-state index contributed by atoms with van der Waals surface area (Å²) >= 11 is 0. The molecule has 31 heavy (non-hydrogen) atoms. The zero-order chi connectivity index (χ0) is 22.4. The van der Waals surface area contributed by atoms with Crippen LogP contribution in [-0.2, 0) is 27.7 Å². The van der Waals surface area contributed by atoms with E-state index in [2.05, 4.69) is 29.3 Å². The van der Waals surface area contributed by atoms with Gasteiger partial charge in [-0.2, -0.15) is 0 Å². The maximum Gasteiger partial charge on any atom is 0.251 e. The van der Waals surface area contributed by atoms with Gasteiger partial charge in [0.15, 0.2) is 0 Å². The summed E-state index contributed by atoms with van der Waals surface area (Å²) in [7, 11) is -2.19. The highest BCUT2D eigenvalue weighted by Crippen LogP contribution is 2.22. The maximum atomic E-state index is 12.7. The standard InChI is InChI=1S/C23H27N3O4S/c1-3-22(27)24-13-6-14-26(2)31(29,30)21-11-9-17(10-12-21)23(28)25-20-15-18-7-4-5-8-19(18)16-20/h3-5,7-12,20H,1,6,13-16H2,2H3,(H,24,27)(H,25,28). The van der Waals surface area contributed by atoms with Gasteiger partial charge in [0.25, 0.3) is 5.91 Å². The molecule has 8 heteroatoms. The van der Waals surface area contributed by atoms with E-state index in [-0.39, 0.29) is 29.3 Å². The molecule has 1 aliphatic rings. The number of rotatable bonds is 9. The van der Waals surface area contributed by atoms with Gasteiger partial charge in [-0.3, -0.25) is 9.59 Å². The number of amides is 2. The van der Waals surface area contributed by atoms with Crippen molar-refractivity contribution in [3.05, 3.63) is 77.9 Å². The molecule has 0 saturated heterocycles. The first-order valence-corrected chi connectivity index (χ1v) is 11.6. The molecule has 2 aromatic rings. The van der Waals surface area contributed by atoms with Crippen LogP contribution in [0.15, 0.2) is 66.1 Å². The van der Waals surface area contributed by atoms with Crippen molar-refractivity contribution in [1.82, 2.24) is 14.9 Å². The molecule has 0 spiro atoms. The minimum atomic E-state index is -3.68. The predicted octanol–water partition coefficient (Wildman–Crippen LogP) is 1.90. The van der Waals surface area contributed by atoms with Gasteiger partial charge in [0.05, 0.1) is 4.90 Å². The lowest BCUT2D eigenvalue weighted by Gasteiger charge is -2.17. The lowest BCUT2D eigenvalue weighted by atomic mass is 10.1. The maximum absolute atomic E-state index is 12.7. The Balaban J connectivity index is 1.55. The van der Waals surface area contributed by atoms with Crippen molar-refractivity contribution in [3.8, 4) is 0 Å². The van der Waals surface area contributed by atoms with Gasteiger partial charge in [-0.1, -0.05) is 30.8 Å². The van der Waals surface area contributed by atoms with Crippen molar-refractivity contribution in [2.75, 3.05) is 20.1 Å². The molecule has 0 fully saturated rings. The summed E-state index contributed by atoms with van der Waals surface area (Å²) in [5.41, 5.74) is 2.92. The van der Waals surface area contributed by atoms with Crippen molar-refractivity contribution in [3.63, 3.8) is 0 Å². The molecule has 0 radical (unpaired) electrons. The van der Waals surface area contributed by atoms with Gasteiger partial charge in [-0.05, 0) is 60.7 Å². The van der Waals surface area contributed by atoms with Crippen molar-refractivity contribution >= 4 is 21.8 Å². The van der Waals surface area contributed by atoms with Crippen LogP contribution in [0.1, 0.15) is 27.9 Å². The molecule has 0 aliphatic heterocycles. The first kappa shape index (κ1) is 22.7. The van der Waals surface area contributed by atoms with Gasteiger partial charge >= 0.3 is 0 Å². The van der Waals surface area contributed by atoms with Crippen LogP contribution in [-0.4, -0.2) is 50.7 Å². The van der Waals surface area contributed by atoms with Crippen molar-refractivity contribution in [1.29, 1.82) is 0 Å². The van der Waals surface area contributed by atoms with Gasteiger partial charge in [0.1, 0.15) is 0 Å². The minimum Gasteiger partial charge on any atom is -0.353 e. The van der Waals surface area contributed by atoms with Crippen LogP contribution in [0.2, 0.25) is 0 Å². The molecule has 164 valence electrons. The Morgan fingerprint density at radius 2 is 1.71 bits per heavy atom. The molecule has 0 unspecified atom stereocenters. The molecule has 3 rings (SSSR count). The van der Waals surface area contributed by atoms with E-state index in [1.807, 2.05) is 12.1 Å². The Labute approximate surface area is 183 Å². The SMILES string of the molecule is C=CC(=O)NCCCN(C)S(=O)(=O)c1ccc(C(=O)NC2Cc3ccccc3C2)cc1. The van der Waals surface area contributed by atoms with Crippen molar-refractivity contribution in [2.45, 2.75) is 30.2 Å². The zero-order valence-corrected chi connectivity index (χ0v) is 18.3. The molecule has 0 atom stereocenters. The number of carbonyl (C=O) groups excluding carboxylic acids is 2. The van der Waals surface area contributed by atoms with Crippen molar-refractivity contribution in [2.24, 2.45) is 0 Å². The van der Waals surface area contributed by atoms with E-state index >= 15 is 0 Å². The Kier molecular flexibility index (Phi) is 7.25. The zero-order valence-electron chi connectivity index (χ0n) is 17.5. The molecular formula is C23H27N3O4S. The number of hydrogen-bond donors (Lipinski definition) is 2. The Bertz CT molecular complexity index is 1040. The topological polar surface area (TPSA) is 95.6 Å². The first-order valence-electron chi connectivity index (χ1n) is 10.2. The molecule has 1 aliphatic carbocycles. The smallest absolute Gasteiger partial charge is 0.251 e. The van der Waals surface area contributed by atoms with E-state index in [0.29, 0.717) is 18.5 Å². The number of sulfonamides is 1. The van der Waals surface area contributed by atoms with Crippen LogP contribution in [0.4, 0.5) is 0 Å². The highest BCUT2D eigenvalue weighted by molar-refractivity contribution is 7.89. The Morgan fingerprint density at radius 1 is 1.10 bits per heavy atom. The molecule has 7 nitrogen and oxygen atoms in total. The van der Waals surface area contributed by atoms with Crippen molar-refractivity contribution < 1.29 is 18.0 Å². The number of nitrogens with one attached hydrogen (secondary N) is 2. The van der Waals surface area contributed by atoms with Crippen LogP contribution in [0.3, 0.4) is 0 Å². The molecule has 0 bridgehead atoms. The van der Waals surface area contributed by atoms with Gasteiger partial charge in [-0.25, -0.2) is 12.7 Å². The Morgan fingerprint density at radius 3 is 2.29 bits per heavy atom. The van der Waals surface area contributed by atoms with Gasteiger partial charge in [-0.15, -0.1) is 0 Å². The van der Waals surface area contributed by atoms with E-state index in [1.165, 1.54) is 52.8 Å². The summed E-state index contributed by atoms with van der Waals surface area (Å²) in [6, 6.07) is 14.1. The highest BCUT2D eigenvalue weighted by Gasteiger charge is 2.24. The van der Waals surface area contributed by atoms with Gasteiger partial charge in [0, 0.05) is 31.7 Å². The number of hydrogen-bond acceptors (Lipinski definition) is 4. The largest absolute Gasteiger partial charge is 0.353 e. The number of nitrogens with zero attached hydrogens (tertiary/aromatic N) is 1. The second-order valence-corrected chi connectivity index (χ2v) is 9.59. The fraction of sp³-hybridized carbons (Fsp3) is 0.304. The van der Waals surface area contributed by atoms with Crippen LogP contribution < -0.4 is 10.6 Å². The second-order valence-electron chi connectivity index (χ2n) is 7.55. The number of carbonyl (C=O) groups is 2. The van der Waals surface area contributed by atoms with Crippen LogP contribution in [0, 0.1) is 0 Å². The molecule has 2 aromatic carbocycles. The lowest BCUT2D eigenvalue weighted by Crippen LogP contribution is -2.35. The molecule has 2 N–H and O–H groups in total. The third kappa shape index (κ3) is 5.59. The monoisotopic (exact) mass is 441 g/mol. The molecule has 0 aromatic heterocycles. The average molecular weight is 442 g/mol. The predicted molar refractivity (Wildman–Crippen MR) is 119 cm³/mol. The summed E-state index contributed by atoms with van der Waals surface area (Å²) in [6.07, 6.45) is 3.24. The number of benzene rings is 2. The van der Waals surface area contributed by atoms with E-state index in [4.69, 9.17) is 0 Å². The molecule has 0 saturated carbocycles. The van der Waals surface area contributed by atoms with E-state index in [0.717, 1.165) is 12.8 Å². The fourth-order valence-corrected chi connectivity index (χ4v) is 4.80. The van der Waals surface area contributed by atoms with E-state index in [1.54, 1.807) is 0 Å². The third-order valence-electron chi connectivity index (χ3n) is 5.35. The molecule has 2 amide bonds. The molecule has 0 heterocycles.